The molecule has 0 atom stereocenters. The summed E-state index contributed by atoms with van der Waals surface area (Å²) in [5.41, 5.74) is 21.9. The van der Waals surface area contributed by atoms with Crippen LogP contribution in [0.4, 0.5) is 0 Å². The van der Waals surface area contributed by atoms with Gasteiger partial charge in [-0.1, -0.05) is 306 Å². The molecule has 12 aromatic carbocycles. The van der Waals surface area contributed by atoms with E-state index in [2.05, 4.69) is 270 Å². The molecule has 12 aromatic heterocycles. The summed E-state index contributed by atoms with van der Waals surface area (Å²) < 4.78 is 12.7. The average molecular weight is 1910 g/mol. The Labute approximate surface area is 768 Å². The van der Waals surface area contributed by atoms with Crippen LogP contribution in [0.5, 0.6) is 0 Å². The maximum absolute atomic E-state index is 5.11. The van der Waals surface area contributed by atoms with Crippen LogP contribution in [0.2, 0.25) is 0 Å². The number of halogens is 4. The molecule has 0 N–H and O–H groups in total. The summed E-state index contributed by atoms with van der Waals surface area (Å²) in [6.07, 6.45) is 7.31. The molecule has 0 amide bonds. The molecule has 608 valence electrons. The van der Waals surface area contributed by atoms with Gasteiger partial charge in [-0.2, -0.15) is 9.97 Å². The Bertz CT molecular complexity index is 7030. The minimum atomic E-state index is 0.540. The zero-order valence-electron chi connectivity index (χ0n) is 68.1. The van der Waals surface area contributed by atoms with E-state index in [-0.39, 0.29) is 0 Å². The Morgan fingerprint density at radius 1 is 0.180 bits per heavy atom. The van der Waals surface area contributed by atoms with Crippen molar-refractivity contribution >= 4 is 151 Å². The third-order valence-corrected chi connectivity index (χ3v) is 24.3. The molecule has 0 aliphatic rings. The summed E-state index contributed by atoms with van der Waals surface area (Å²) in [6.45, 7) is 0. The maximum Gasteiger partial charge on any atom is 0.240 e. The quantitative estimate of drug-likeness (QED) is 0.114. The number of hydrogen-bond donors (Lipinski definition) is 0. The lowest BCUT2D eigenvalue weighted by molar-refractivity contribution is 0.944. The predicted molar refractivity (Wildman–Crippen MR) is 533 cm³/mol. The summed E-state index contributed by atoms with van der Waals surface area (Å²) >= 11 is 14.5. The fourth-order valence-corrected chi connectivity index (χ4v) is 17.9. The van der Waals surface area contributed by atoms with Gasteiger partial charge in [-0.05, 0) is 157 Å². The van der Waals surface area contributed by atoms with Crippen LogP contribution in [0.25, 0.3) is 201 Å². The van der Waals surface area contributed by atoms with Crippen molar-refractivity contribution in [3.8, 4) is 114 Å². The van der Waals surface area contributed by atoms with Crippen LogP contribution in [0.3, 0.4) is 0 Å². The van der Waals surface area contributed by atoms with Gasteiger partial charge < -0.3 is 0 Å². The van der Waals surface area contributed by atoms with Gasteiger partial charge in [-0.15, -0.1) is 0 Å². The molecule has 0 saturated carbocycles. The summed E-state index contributed by atoms with van der Waals surface area (Å²) in [7, 11) is 0. The third kappa shape index (κ3) is 16.0. The van der Waals surface area contributed by atoms with E-state index in [1.165, 1.54) is 5.39 Å². The lowest BCUT2D eigenvalue weighted by Crippen LogP contribution is -2.06. The standard InChI is InChI=1S/2C28H18BrN3.C27H17BrN4.C26H16BrN5/c29-22-13-14-26-24(18-22)23-12-7-15-30-28(23)32(26)27-17-21(19-8-3-1-4-9-19)16-25(31-27)20-10-5-2-6-11-20;29-21-13-14-27-24(16-21)23-12-7-15-30-28(23)32(27)22-17-25(19-8-3-1-4-9-19)31-26(18-22)20-10-5-2-6-11-20;28-20-13-14-24-22(16-20)21-12-7-15-29-27(21)32(24)25-17-23(18-8-3-1-4-9-18)30-26(31-25)19-10-5-2-6-11-19;27-19-13-14-22-21(16-19)20-12-7-15-28-25(20)32(22)26-30-23(17-8-3-1-4-9-17)29-24(31-26)18-10-5-2-6-11-18/h2*1-18H;1-17H;1-16H. The van der Waals surface area contributed by atoms with E-state index in [1.54, 1.807) is 6.20 Å². The molecule has 0 saturated heterocycles. The number of nitrogens with zero attached hydrogens (tertiary/aromatic N) is 15. The Hall–Kier alpha value is -15.3. The van der Waals surface area contributed by atoms with Crippen LogP contribution in [0.15, 0.2) is 437 Å². The summed E-state index contributed by atoms with van der Waals surface area (Å²) in [6, 6.07) is 134. The van der Waals surface area contributed by atoms with Gasteiger partial charge in [0.15, 0.2) is 17.5 Å². The van der Waals surface area contributed by atoms with E-state index in [9.17, 15) is 0 Å². The summed E-state index contributed by atoms with van der Waals surface area (Å²) in [5.74, 6) is 4.11. The molecule has 0 spiro atoms. The molecule has 12 heterocycles. The molecule has 0 unspecified atom stereocenters. The van der Waals surface area contributed by atoms with Crippen molar-refractivity contribution in [1.29, 1.82) is 0 Å². The highest BCUT2D eigenvalue weighted by atomic mass is 79.9. The van der Waals surface area contributed by atoms with Crippen molar-refractivity contribution < 1.29 is 0 Å². The van der Waals surface area contributed by atoms with Crippen LogP contribution in [0, 0.1) is 0 Å². The van der Waals surface area contributed by atoms with Crippen molar-refractivity contribution in [2.24, 2.45) is 0 Å². The maximum atomic E-state index is 5.11. The number of hydrogen-bond acceptors (Lipinski definition) is 11. The SMILES string of the molecule is Brc1ccc2c(c1)c1cccnc1n2-c1cc(-c2ccccc2)cc(-c2ccccc2)n1.Brc1ccc2c(c1)c1cccnc1n2-c1cc(-c2ccccc2)nc(-c2ccccc2)c1.Brc1ccc2c(c1)c1cccnc1n2-c1cc(-c2ccccc2)nc(-c2ccccc2)n1.Brc1ccc2c(c1)c1cccnc1n2-c1nc(-c2ccccc2)nc(-c2ccccc2)n1. The fourth-order valence-electron chi connectivity index (χ4n) is 16.5. The second-order valence-corrected chi connectivity index (χ2v) is 34.0. The van der Waals surface area contributed by atoms with Gasteiger partial charge in [-0.3, -0.25) is 18.3 Å². The van der Waals surface area contributed by atoms with E-state index in [0.29, 0.717) is 23.4 Å². The van der Waals surface area contributed by atoms with Gasteiger partial charge in [0.05, 0.1) is 50.5 Å². The van der Waals surface area contributed by atoms with Crippen LogP contribution in [-0.4, -0.2) is 73.1 Å². The van der Waals surface area contributed by atoms with E-state index < -0.39 is 0 Å². The van der Waals surface area contributed by atoms with Crippen molar-refractivity contribution in [2.75, 3.05) is 0 Å². The molecule has 0 aliphatic carbocycles. The lowest BCUT2D eigenvalue weighted by Gasteiger charge is -2.12. The normalized spacial score (nSPS) is 11.3. The van der Waals surface area contributed by atoms with E-state index >= 15 is 0 Å². The van der Waals surface area contributed by atoms with E-state index in [4.69, 9.17) is 49.8 Å². The van der Waals surface area contributed by atoms with Crippen molar-refractivity contribution in [2.45, 2.75) is 0 Å². The molecule has 128 heavy (non-hydrogen) atoms. The second-order valence-electron chi connectivity index (χ2n) is 30.3. The Morgan fingerprint density at radius 2 is 0.469 bits per heavy atom. The molecule has 19 heteroatoms. The number of rotatable bonds is 12. The van der Waals surface area contributed by atoms with Gasteiger partial charge in [0.25, 0.3) is 0 Å². The van der Waals surface area contributed by atoms with E-state index in [1.807, 2.05) is 229 Å². The highest BCUT2D eigenvalue weighted by molar-refractivity contribution is 9.11. The largest absolute Gasteiger partial charge is 0.294 e. The molecule has 0 bridgehead atoms. The average Bonchev–Trinajstić information content (AvgIpc) is 1.61. The molecule has 15 nitrogen and oxygen atoms in total. The van der Waals surface area contributed by atoms with E-state index in [0.717, 1.165) is 190 Å². The van der Waals surface area contributed by atoms with Gasteiger partial charge in [0.1, 0.15) is 34.2 Å². The predicted octanol–water partition coefficient (Wildman–Crippen LogP) is 28.9. The van der Waals surface area contributed by atoms with Crippen molar-refractivity contribution in [3.63, 3.8) is 0 Å². The zero-order chi connectivity index (χ0) is 86.0. The number of fused-ring (bicyclic) bond motifs is 12. The van der Waals surface area contributed by atoms with Crippen molar-refractivity contribution in [3.05, 3.63) is 437 Å². The second kappa shape index (κ2) is 35.4. The minimum absolute atomic E-state index is 0.540. The van der Waals surface area contributed by atoms with Crippen LogP contribution in [0.1, 0.15) is 0 Å². The Kier molecular flexibility index (Phi) is 22.1. The van der Waals surface area contributed by atoms with Crippen molar-refractivity contribution in [1.82, 2.24) is 73.1 Å². The topological polar surface area (TPSA) is 162 Å². The molecule has 0 aliphatic heterocycles. The van der Waals surface area contributed by atoms with Gasteiger partial charge in [-0.25, -0.2) is 44.9 Å². The molecular weight excluding hydrogens is 1840 g/mol. The summed E-state index contributed by atoms with van der Waals surface area (Å²) in [4.78, 5) is 53.5. The number of aromatic nitrogens is 15. The molecule has 24 aromatic rings. The van der Waals surface area contributed by atoms with Crippen LogP contribution in [-0.2, 0) is 0 Å². The first-order valence-electron chi connectivity index (χ1n) is 41.4. The van der Waals surface area contributed by atoms with Gasteiger partial charge in [0.2, 0.25) is 5.95 Å². The molecular formula is C109H69Br4N15. The monoisotopic (exact) mass is 1900 g/mol. The Balaban J connectivity index is 0.000000104. The fraction of sp³-hybridized carbons (Fsp3) is 0. The summed E-state index contributed by atoms with van der Waals surface area (Å²) in [5, 5.41) is 8.91. The first kappa shape index (κ1) is 79.9. The minimum Gasteiger partial charge on any atom is -0.294 e. The zero-order valence-corrected chi connectivity index (χ0v) is 74.4. The smallest absolute Gasteiger partial charge is 0.240 e. The molecule has 24 rings (SSSR count). The first-order valence-corrected chi connectivity index (χ1v) is 44.6. The van der Waals surface area contributed by atoms with Crippen LogP contribution < -0.4 is 0 Å². The highest BCUT2D eigenvalue weighted by Gasteiger charge is 2.24. The Morgan fingerprint density at radius 3 is 0.836 bits per heavy atom. The first-order chi connectivity index (χ1) is 63.1. The highest BCUT2D eigenvalue weighted by Crippen LogP contribution is 2.41. The van der Waals surface area contributed by atoms with Crippen LogP contribution >= 0.6 is 63.7 Å². The van der Waals surface area contributed by atoms with Gasteiger partial charge >= 0.3 is 0 Å². The lowest BCUT2D eigenvalue weighted by atomic mass is 10.0. The molecule has 0 fully saturated rings. The number of pyridine rings is 6. The van der Waals surface area contributed by atoms with Gasteiger partial charge in [0, 0.05) is 131 Å². The third-order valence-electron chi connectivity index (χ3n) is 22.3. The molecule has 0 radical (unpaired) electrons. The number of benzene rings is 12.